The molecule has 0 N–H and O–H groups in total. The van der Waals surface area contributed by atoms with Crippen LogP contribution in [0.1, 0.15) is 18.4 Å². The molecule has 3 aromatic rings. The van der Waals surface area contributed by atoms with Crippen molar-refractivity contribution < 1.29 is 14.1 Å². The van der Waals surface area contributed by atoms with Gasteiger partial charge in [0, 0.05) is 12.1 Å². The Hall–Kier alpha value is -3.15. The summed E-state index contributed by atoms with van der Waals surface area (Å²) in [4.78, 5) is 18.4. The van der Waals surface area contributed by atoms with Crippen LogP contribution in [0, 0.1) is 6.92 Å². The highest BCUT2D eigenvalue weighted by Gasteiger charge is 2.17. The molecular weight excluding hydrogens is 330 g/mol. The van der Waals surface area contributed by atoms with Crippen molar-refractivity contribution in [2.24, 2.45) is 0 Å². The number of likely N-dealkylation sites (N-methyl/N-ethyl adjacent to an activating group) is 1. The fraction of sp³-hybridized carbons (Fsp3) is 0.250. The number of hydrogen-bond acceptors (Lipinski definition) is 5. The van der Waals surface area contributed by atoms with Crippen LogP contribution in [0.5, 0.6) is 5.75 Å². The van der Waals surface area contributed by atoms with E-state index < -0.39 is 0 Å². The topological polar surface area (TPSA) is 68.5 Å². The van der Waals surface area contributed by atoms with Gasteiger partial charge in [0.05, 0.1) is 0 Å². The molecule has 0 bridgehead atoms. The van der Waals surface area contributed by atoms with Crippen LogP contribution in [-0.2, 0) is 11.3 Å². The summed E-state index contributed by atoms with van der Waals surface area (Å²) in [5.41, 5.74) is 2.05. The summed E-state index contributed by atoms with van der Waals surface area (Å²) in [6.45, 7) is 4.67. The van der Waals surface area contributed by atoms with E-state index in [1.165, 1.54) is 5.56 Å². The Morgan fingerprint density at radius 3 is 2.54 bits per heavy atom. The van der Waals surface area contributed by atoms with Gasteiger partial charge in [-0.1, -0.05) is 53.2 Å². The molecular formula is C20H21N3O3. The highest BCUT2D eigenvalue weighted by molar-refractivity contribution is 5.77. The van der Waals surface area contributed by atoms with Crippen LogP contribution >= 0.6 is 0 Å². The van der Waals surface area contributed by atoms with Crippen LogP contribution in [0.2, 0.25) is 0 Å². The van der Waals surface area contributed by atoms with Crippen molar-refractivity contribution in [2.45, 2.75) is 20.4 Å². The molecule has 0 spiro atoms. The van der Waals surface area contributed by atoms with Gasteiger partial charge in [-0.15, -0.1) is 0 Å². The normalized spacial score (nSPS) is 10.5. The zero-order valence-electron chi connectivity index (χ0n) is 14.9. The maximum absolute atomic E-state index is 12.4. The first-order valence-electron chi connectivity index (χ1n) is 8.51. The van der Waals surface area contributed by atoms with E-state index in [4.69, 9.17) is 9.26 Å². The summed E-state index contributed by atoms with van der Waals surface area (Å²) >= 11 is 0. The van der Waals surface area contributed by atoms with Crippen molar-refractivity contribution >= 4 is 5.91 Å². The number of aromatic nitrogens is 2. The second kappa shape index (κ2) is 8.29. The van der Waals surface area contributed by atoms with Gasteiger partial charge in [0.15, 0.2) is 6.61 Å². The average Bonchev–Trinajstić information content (AvgIpc) is 3.14. The molecule has 3 rings (SSSR count). The van der Waals surface area contributed by atoms with Gasteiger partial charge in [-0.3, -0.25) is 4.79 Å². The van der Waals surface area contributed by atoms with Crippen molar-refractivity contribution in [1.82, 2.24) is 15.0 Å². The second-order valence-electron chi connectivity index (χ2n) is 5.89. The highest BCUT2D eigenvalue weighted by Crippen LogP contribution is 2.17. The lowest BCUT2D eigenvalue weighted by molar-refractivity contribution is -0.134. The number of hydrogen-bond donors (Lipinski definition) is 0. The van der Waals surface area contributed by atoms with Crippen molar-refractivity contribution in [2.75, 3.05) is 13.2 Å². The van der Waals surface area contributed by atoms with Crippen LogP contribution in [-0.4, -0.2) is 34.1 Å². The van der Waals surface area contributed by atoms with Crippen LogP contribution in [0.4, 0.5) is 0 Å². The second-order valence-corrected chi connectivity index (χ2v) is 5.89. The first-order valence-corrected chi connectivity index (χ1v) is 8.51. The third kappa shape index (κ3) is 4.47. The molecule has 1 amide bonds. The molecule has 0 saturated heterocycles. The maximum atomic E-state index is 12.4. The maximum Gasteiger partial charge on any atom is 0.260 e. The van der Waals surface area contributed by atoms with Crippen molar-refractivity contribution in [1.29, 1.82) is 0 Å². The molecule has 0 saturated carbocycles. The van der Waals surface area contributed by atoms with Crippen molar-refractivity contribution in [3.8, 4) is 17.1 Å². The van der Waals surface area contributed by atoms with Gasteiger partial charge in [-0.05, 0) is 26.0 Å². The minimum absolute atomic E-state index is 0.0309. The highest BCUT2D eigenvalue weighted by atomic mass is 16.5. The van der Waals surface area contributed by atoms with E-state index in [-0.39, 0.29) is 19.1 Å². The molecule has 0 atom stereocenters. The van der Waals surface area contributed by atoms with E-state index in [0.29, 0.717) is 24.0 Å². The van der Waals surface area contributed by atoms with Gasteiger partial charge in [-0.2, -0.15) is 4.98 Å². The smallest absolute Gasteiger partial charge is 0.260 e. The molecule has 0 radical (unpaired) electrons. The number of carbonyl (C=O) groups is 1. The Morgan fingerprint density at radius 1 is 1.12 bits per heavy atom. The Kier molecular flexibility index (Phi) is 5.63. The number of carbonyl (C=O) groups excluding carboxylic acids is 1. The number of nitrogens with zero attached hydrogens (tertiary/aromatic N) is 3. The molecule has 0 aliphatic carbocycles. The van der Waals surface area contributed by atoms with Crippen LogP contribution in [0.3, 0.4) is 0 Å². The molecule has 134 valence electrons. The minimum atomic E-state index is -0.133. The molecule has 0 aliphatic heterocycles. The summed E-state index contributed by atoms with van der Waals surface area (Å²) in [5.74, 6) is 1.45. The van der Waals surface area contributed by atoms with Crippen LogP contribution in [0.15, 0.2) is 59.1 Å². The third-order valence-electron chi connectivity index (χ3n) is 3.94. The van der Waals surface area contributed by atoms with E-state index in [1.807, 2.05) is 68.4 Å². The summed E-state index contributed by atoms with van der Waals surface area (Å²) in [5, 5.41) is 4.00. The Morgan fingerprint density at radius 2 is 1.85 bits per heavy atom. The first-order chi connectivity index (χ1) is 12.7. The van der Waals surface area contributed by atoms with E-state index in [2.05, 4.69) is 10.1 Å². The molecule has 1 heterocycles. The largest absolute Gasteiger partial charge is 0.484 e. The van der Waals surface area contributed by atoms with Gasteiger partial charge in [0.25, 0.3) is 5.91 Å². The van der Waals surface area contributed by atoms with E-state index in [1.54, 1.807) is 4.90 Å². The Balaban J connectivity index is 1.61. The molecule has 6 nitrogen and oxygen atoms in total. The van der Waals surface area contributed by atoms with Gasteiger partial charge < -0.3 is 14.2 Å². The number of amides is 1. The SMILES string of the molecule is CCN(Cc1nc(-c2ccc(C)cc2)no1)C(=O)COc1ccccc1. The molecule has 2 aromatic carbocycles. The zero-order valence-corrected chi connectivity index (χ0v) is 14.9. The molecule has 26 heavy (non-hydrogen) atoms. The number of benzene rings is 2. The standard InChI is InChI=1S/C20H21N3O3/c1-3-23(19(24)14-25-17-7-5-4-6-8-17)13-18-21-20(22-26-18)16-11-9-15(2)10-12-16/h4-12H,3,13-14H2,1-2H3. The number of rotatable bonds is 7. The molecule has 0 unspecified atom stereocenters. The third-order valence-corrected chi connectivity index (χ3v) is 3.94. The number of aryl methyl sites for hydroxylation is 1. The molecule has 1 aromatic heterocycles. The Bertz CT molecular complexity index is 844. The van der Waals surface area contributed by atoms with Gasteiger partial charge in [0.2, 0.25) is 11.7 Å². The van der Waals surface area contributed by atoms with Crippen LogP contribution in [0.25, 0.3) is 11.4 Å². The van der Waals surface area contributed by atoms with Crippen LogP contribution < -0.4 is 4.74 Å². The minimum Gasteiger partial charge on any atom is -0.484 e. The fourth-order valence-corrected chi connectivity index (χ4v) is 2.43. The lowest BCUT2D eigenvalue weighted by Gasteiger charge is -2.18. The summed E-state index contributed by atoms with van der Waals surface area (Å²) < 4.78 is 10.8. The molecule has 6 heteroatoms. The van der Waals surface area contributed by atoms with E-state index >= 15 is 0 Å². The molecule has 0 aliphatic rings. The molecule has 0 fully saturated rings. The summed E-state index contributed by atoms with van der Waals surface area (Å²) in [7, 11) is 0. The van der Waals surface area contributed by atoms with Crippen molar-refractivity contribution in [3.63, 3.8) is 0 Å². The Labute approximate surface area is 152 Å². The number of ether oxygens (including phenoxy) is 1. The monoisotopic (exact) mass is 351 g/mol. The average molecular weight is 351 g/mol. The summed E-state index contributed by atoms with van der Waals surface area (Å²) in [6.07, 6.45) is 0. The fourth-order valence-electron chi connectivity index (χ4n) is 2.43. The predicted molar refractivity (Wildman–Crippen MR) is 97.5 cm³/mol. The van der Waals surface area contributed by atoms with E-state index in [0.717, 1.165) is 5.56 Å². The zero-order chi connectivity index (χ0) is 18.4. The van der Waals surface area contributed by atoms with Gasteiger partial charge >= 0.3 is 0 Å². The lowest BCUT2D eigenvalue weighted by Crippen LogP contribution is -2.34. The number of para-hydroxylation sites is 1. The van der Waals surface area contributed by atoms with Crippen molar-refractivity contribution in [3.05, 3.63) is 66.1 Å². The van der Waals surface area contributed by atoms with Gasteiger partial charge in [0.1, 0.15) is 12.3 Å². The summed E-state index contributed by atoms with van der Waals surface area (Å²) in [6, 6.07) is 17.1. The first kappa shape index (κ1) is 17.7. The predicted octanol–water partition coefficient (Wildman–Crippen LogP) is 3.47. The van der Waals surface area contributed by atoms with Gasteiger partial charge in [-0.25, -0.2) is 0 Å². The van der Waals surface area contributed by atoms with E-state index in [9.17, 15) is 4.79 Å². The lowest BCUT2D eigenvalue weighted by atomic mass is 10.1. The quantitative estimate of drug-likeness (QED) is 0.652.